The third kappa shape index (κ3) is 1.74. The Bertz CT molecular complexity index is 379. The van der Waals surface area contributed by atoms with Crippen molar-refractivity contribution in [1.29, 1.82) is 0 Å². The van der Waals surface area contributed by atoms with Crippen LogP contribution in [0.15, 0.2) is 12.7 Å². The van der Waals surface area contributed by atoms with Crippen LogP contribution in [0.1, 0.15) is 26.7 Å². The first-order chi connectivity index (χ1) is 8.34. The van der Waals surface area contributed by atoms with E-state index in [0.29, 0.717) is 6.42 Å². The van der Waals surface area contributed by atoms with Gasteiger partial charge in [-0.1, -0.05) is 26.3 Å². The lowest BCUT2D eigenvalue weighted by molar-refractivity contribution is -0.161. The average Bonchev–Trinajstić information content (AvgIpc) is 2.38. The molecule has 0 radical (unpaired) electrons. The van der Waals surface area contributed by atoms with Crippen molar-refractivity contribution in [2.75, 3.05) is 14.1 Å². The zero-order valence-electron chi connectivity index (χ0n) is 11.4. The standard InChI is InChI=1S/C13H20N2O3/c1-6-8-13(9(3)7-2)10(16)14(4)12(18)15(5)11(13)17/h6,9H,1,7-8H2,2-5H3. The Morgan fingerprint density at radius 2 is 1.67 bits per heavy atom. The van der Waals surface area contributed by atoms with Gasteiger partial charge in [-0.05, 0) is 12.3 Å². The molecule has 0 saturated carbocycles. The lowest BCUT2D eigenvalue weighted by Crippen LogP contribution is -2.64. The van der Waals surface area contributed by atoms with E-state index in [1.54, 1.807) is 6.08 Å². The van der Waals surface area contributed by atoms with Crippen LogP contribution in [-0.4, -0.2) is 41.7 Å². The van der Waals surface area contributed by atoms with Crippen LogP contribution < -0.4 is 0 Å². The van der Waals surface area contributed by atoms with E-state index >= 15 is 0 Å². The SMILES string of the molecule is C=CCC1(C(C)CC)C(=O)N(C)C(=O)N(C)C1=O. The molecule has 4 amide bonds. The Labute approximate surface area is 107 Å². The summed E-state index contributed by atoms with van der Waals surface area (Å²) in [6.45, 7) is 7.41. The zero-order valence-corrected chi connectivity index (χ0v) is 11.4. The van der Waals surface area contributed by atoms with Gasteiger partial charge in [-0.2, -0.15) is 0 Å². The number of nitrogens with zero attached hydrogens (tertiary/aromatic N) is 2. The Kier molecular flexibility index (Phi) is 3.94. The van der Waals surface area contributed by atoms with Gasteiger partial charge in [0.05, 0.1) is 0 Å². The minimum atomic E-state index is -1.19. The van der Waals surface area contributed by atoms with Gasteiger partial charge in [-0.15, -0.1) is 6.58 Å². The molecule has 0 bridgehead atoms. The summed E-state index contributed by atoms with van der Waals surface area (Å²) in [5.41, 5.74) is -1.19. The number of carbonyl (C=O) groups is 3. The topological polar surface area (TPSA) is 57.7 Å². The minimum Gasteiger partial charge on any atom is -0.273 e. The second-order valence-electron chi connectivity index (χ2n) is 4.78. The lowest BCUT2D eigenvalue weighted by atomic mass is 9.69. The van der Waals surface area contributed by atoms with E-state index < -0.39 is 23.3 Å². The van der Waals surface area contributed by atoms with Crippen molar-refractivity contribution in [3.8, 4) is 0 Å². The molecule has 0 aromatic carbocycles. The molecular formula is C13H20N2O3. The number of hydrogen-bond acceptors (Lipinski definition) is 3. The third-order valence-electron chi connectivity index (χ3n) is 3.87. The Morgan fingerprint density at radius 1 is 1.22 bits per heavy atom. The van der Waals surface area contributed by atoms with Crippen LogP contribution in [0.4, 0.5) is 4.79 Å². The van der Waals surface area contributed by atoms with Gasteiger partial charge < -0.3 is 0 Å². The van der Waals surface area contributed by atoms with Gasteiger partial charge in [0.1, 0.15) is 5.41 Å². The normalized spacial score (nSPS) is 21.2. The zero-order chi connectivity index (χ0) is 14.1. The highest BCUT2D eigenvalue weighted by molar-refractivity contribution is 6.19. The molecule has 0 spiro atoms. The van der Waals surface area contributed by atoms with Crippen molar-refractivity contribution in [3.05, 3.63) is 12.7 Å². The van der Waals surface area contributed by atoms with Crippen molar-refractivity contribution in [1.82, 2.24) is 9.80 Å². The summed E-state index contributed by atoms with van der Waals surface area (Å²) in [4.78, 5) is 38.6. The molecule has 0 aromatic rings. The fraction of sp³-hybridized carbons (Fsp3) is 0.615. The van der Waals surface area contributed by atoms with Crippen LogP contribution in [0.3, 0.4) is 0 Å². The van der Waals surface area contributed by atoms with Crippen LogP contribution in [0.5, 0.6) is 0 Å². The first-order valence-electron chi connectivity index (χ1n) is 6.05. The summed E-state index contributed by atoms with van der Waals surface area (Å²) >= 11 is 0. The van der Waals surface area contributed by atoms with Crippen LogP contribution in [0.2, 0.25) is 0 Å². The third-order valence-corrected chi connectivity index (χ3v) is 3.87. The van der Waals surface area contributed by atoms with Crippen molar-refractivity contribution in [3.63, 3.8) is 0 Å². The van der Waals surface area contributed by atoms with E-state index in [1.165, 1.54) is 14.1 Å². The molecule has 0 N–H and O–H groups in total. The maximum atomic E-state index is 12.4. The molecule has 1 fully saturated rings. The molecule has 100 valence electrons. The van der Waals surface area contributed by atoms with Crippen molar-refractivity contribution < 1.29 is 14.4 Å². The summed E-state index contributed by atoms with van der Waals surface area (Å²) in [5.74, 6) is -0.997. The fourth-order valence-electron chi connectivity index (χ4n) is 2.46. The molecule has 0 aromatic heterocycles. The van der Waals surface area contributed by atoms with E-state index in [-0.39, 0.29) is 12.3 Å². The minimum absolute atomic E-state index is 0.145. The average molecular weight is 252 g/mol. The summed E-state index contributed by atoms with van der Waals surface area (Å²) < 4.78 is 0. The van der Waals surface area contributed by atoms with Crippen LogP contribution in [0, 0.1) is 11.3 Å². The predicted molar refractivity (Wildman–Crippen MR) is 67.6 cm³/mol. The Morgan fingerprint density at radius 3 is 2.00 bits per heavy atom. The van der Waals surface area contributed by atoms with Gasteiger partial charge in [-0.3, -0.25) is 19.4 Å². The fourth-order valence-corrected chi connectivity index (χ4v) is 2.46. The van der Waals surface area contributed by atoms with Gasteiger partial charge in [0.2, 0.25) is 11.8 Å². The molecule has 5 nitrogen and oxygen atoms in total. The van der Waals surface area contributed by atoms with Crippen molar-refractivity contribution >= 4 is 17.8 Å². The van der Waals surface area contributed by atoms with E-state index in [9.17, 15) is 14.4 Å². The Balaban J connectivity index is 3.37. The van der Waals surface area contributed by atoms with Crippen LogP contribution in [-0.2, 0) is 9.59 Å². The van der Waals surface area contributed by atoms with Crippen molar-refractivity contribution in [2.24, 2.45) is 11.3 Å². The molecule has 1 saturated heterocycles. The second-order valence-corrected chi connectivity index (χ2v) is 4.78. The molecule has 1 aliphatic rings. The number of amides is 4. The summed E-state index contributed by atoms with van der Waals surface area (Å²) in [6, 6.07) is -0.576. The molecule has 1 unspecified atom stereocenters. The van der Waals surface area contributed by atoms with Gasteiger partial charge in [0, 0.05) is 14.1 Å². The summed E-state index contributed by atoms with van der Waals surface area (Å²) in [7, 11) is 2.82. The van der Waals surface area contributed by atoms with E-state index in [0.717, 1.165) is 9.80 Å². The molecule has 1 rings (SSSR count). The first-order valence-corrected chi connectivity index (χ1v) is 6.05. The quantitative estimate of drug-likeness (QED) is 0.564. The molecule has 0 aliphatic carbocycles. The maximum absolute atomic E-state index is 12.4. The number of imide groups is 2. The molecule has 1 aliphatic heterocycles. The number of hydrogen-bond donors (Lipinski definition) is 0. The number of urea groups is 1. The van der Waals surface area contributed by atoms with Gasteiger partial charge in [0.25, 0.3) is 0 Å². The molecular weight excluding hydrogens is 232 g/mol. The largest absolute Gasteiger partial charge is 0.332 e. The van der Waals surface area contributed by atoms with Gasteiger partial charge in [-0.25, -0.2) is 4.79 Å². The van der Waals surface area contributed by atoms with Crippen LogP contribution in [0.25, 0.3) is 0 Å². The summed E-state index contributed by atoms with van der Waals surface area (Å²) in [5, 5.41) is 0. The molecule has 18 heavy (non-hydrogen) atoms. The lowest BCUT2D eigenvalue weighted by Gasteiger charge is -2.44. The number of barbiturate groups is 1. The van der Waals surface area contributed by atoms with Crippen molar-refractivity contribution in [2.45, 2.75) is 26.7 Å². The maximum Gasteiger partial charge on any atom is 0.332 e. The number of allylic oxidation sites excluding steroid dienone is 1. The first kappa shape index (κ1) is 14.4. The van der Waals surface area contributed by atoms with E-state index in [1.807, 2.05) is 13.8 Å². The van der Waals surface area contributed by atoms with Gasteiger partial charge in [0.15, 0.2) is 0 Å². The highest BCUT2D eigenvalue weighted by Gasteiger charge is 2.56. The van der Waals surface area contributed by atoms with E-state index in [2.05, 4.69) is 6.58 Å². The van der Waals surface area contributed by atoms with Crippen LogP contribution >= 0.6 is 0 Å². The number of rotatable bonds is 4. The molecule has 1 heterocycles. The smallest absolute Gasteiger partial charge is 0.273 e. The highest BCUT2D eigenvalue weighted by atomic mass is 16.2. The van der Waals surface area contributed by atoms with E-state index in [4.69, 9.17) is 0 Å². The highest BCUT2D eigenvalue weighted by Crippen LogP contribution is 2.40. The Hall–Kier alpha value is -1.65. The molecule has 5 heteroatoms. The summed E-state index contributed by atoms with van der Waals surface area (Å²) in [6.07, 6.45) is 2.50. The van der Waals surface area contributed by atoms with Gasteiger partial charge >= 0.3 is 6.03 Å². The second kappa shape index (κ2) is 4.92. The predicted octanol–water partition coefficient (Wildman–Crippen LogP) is 1.65. The monoisotopic (exact) mass is 252 g/mol. The molecule has 1 atom stereocenters. The number of carbonyl (C=O) groups excluding carboxylic acids is 3.